The van der Waals surface area contributed by atoms with Gasteiger partial charge in [0.1, 0.15) is 40.9 Å². The van der Waals surface area contributed by atoms with E-state index in [1.54, 1.807) is 0 Å². The first-order chi connectivity index (χ1) is 27.4. The number of halogens is 1. The molecule has 5 rings (SSSR count). The number of nitriles is 3. The van der Waals surface area contributed by atoms with Crippen molar-refractivity contribution in [1.29, 1.82) is 15.8 Å². The zero-order valence-electron chi connectivity index (χ0n) is 35.3. The van der Waals surface area contributed by atoms with Crippen LogP contribution in [-0.4, -0.2) is 17.3 Å². The second-order valence-corrected chi connectivity index (χ2v) is 18.3. The molecular formula is C50H55BrN4O3. The van der Waals surface area contributed by atoms with Crippen LogP contribution >= 0.6 is 15.9 Å². The standard InChI is InChI=1S/C50H55BrN4O3/c1-33(13-12-26-56)16-17-34(2)57-46-36(20-24-42-41(31-54)47(38(29-52)30-53)58-50(42,8)9)27-39(48(3,4)5)28-37(46)21-25-45-49(6,7)43-14-10-11-15-44(43)55(45)32-35-18-22-40(51)23-19-35/h10-11,14-25,39,56H,12-13,26-28,32H2,1-9H3/b24-20+,33-16+,34-17+,37-21+,45-25+. The van der Waals surface area contributed by atoms with E-state index >= 15 is 0 Å². The summed E-state index contributed by atoms with van der Waals surface area (Å²) in [7, 11) is 0. The maximum absolute atomic E-state index is 10.3. The topological polar surface area (TPSA) is 113 Å². The molecule has 2 aliphatic heterocycles. The number of benzene rings is 2. The molecule has 0 amide bonds. The van der Waals surface area contributed by atoms with Gasteiger partial charge in [-0.05, 0) is 117 Å². The highest BCUT2D eigenvalue weighted by Crippen LogP contribution is 2.50. The molecule has 0 aromatic heterocycles. The molecule has 1 aliphatic carbocycles. The van der Waals surface area contributed by atoms with Crippen molar-refractivity contribution in [2.24, 2.45) is 11.3 Å². The summed E-state index contributed by atoms with van der Waals surface area (Å²) < 4.78 is 14.0. The largest absolute Gasteiger partial charge is 0.480 e. The molecule has 8 heteroatoms. The molecule has 0 bridgehead atoms. The SMILES string of the molecule is C/C(=C\C=C(/C)OC1=C(/C=C/C2=C(C#N)C(=C(C#N)C#N)OC2(C)C)CC(C(C)(C)C)C/C1=C\C=C1\N(Cc2ccc(Br)cc2)c2ccccc2C1(C)C)CCCO. The minimum Gasteiger partial charge on any atom is -0.480 e. The number of hydrogen-bond donors (Lipinski definition) is 1. The highest BCUT2D eigenvalue weighted by Gasteiger charge is 2.41. The quantitative estimate of drug-likeness (QED) is 0.136. The lowest BCUT2D eigenvalue weighted by molar-refractivity contribution is 0.0953. The van der Waals surface area contributed by atoms with E-state index in [0.29, 0.717) is 18.5 Å². The Morgan fingerprint density at radius 1 is 0.966 bits per heavy atom. The van der Waals surface area contributed by atoms with Crippen molar-refractivity contribution in [3.8, 4) is 18.2 Å². The van der Waals surface area contributed by atoms with Crippen molar-refractivity contribution in [3.63, 3.8) is 0 Å². The van der Waals surface area contributed by atoms with Crippen LogP contribution in [0.15, 0.2) is 146 Å². The van der Waals surface area contributed by atoms with Crippen LogP contribution in [0.3, 0.4) is 0 Å². The molecule has 2 aromatic rings. The average Bonchev–Trinajstić information content (AvgIpc) is 3.56. The van der Waals surface area contributed by atoms with E-state index in [1.807, 2.05) is 57.2 Å². The molecule has 2 aromatic carbocycles. The molecule has 0 saturated carbocycles. The second-order valence-electron chi connectivity index (χ2n) is 17.4. The van der Waals surface area contributed by atoms with Crippen molar-refractivity contribution in [2.75, 3.05) is 11.5 Å². The van der Waals surface area contributed by atoms with Gasteiger partial charge in [-0.15, -0.1) is 0 Å². The van der Waals surface area contributed by atoms with Gasteiger partial charge in [-0.25, -0.2) is 0 Å². The normalized spacial score (nSPS) is 20.7. The van der Waals surface area contributed by atoms with Crippen LogP contribution in [-0.2, 0) is 21.4 Å². The zero-order valence-corrected chi connectivity index (χ0v) is 36.9. The van der Waals surface area contributed by atoms with Gasteiger partial charge in [-0.3, -0.25) is 0 Å². The number of anilines is 1. The lowest BCUT2D eigenvalue weighted by Gasteiger charge is -2.37. The Morgan fingerprint density at radius 3 is 2.29 bits per heavy atom. The molecule has 0 fully saturated rings. The van der Waals surface area contributed by atoms with Gasteiger partial charge in [-0.2, -0.15) is 15.8 Å². The van der Waals surface area contributed by atoms with Gasteiger partial charge in [0, 0.05) is 40.0 Å². The summed E-state index contributed by atoms with van der Waals surface area (Å²) >= 11 is 3.59. The molecule has 0 radical (unpaired) electrons. The predicted molar refractivity (Wildman–Crippen MR) is 235 cm³/mol. The highest BCUT2D eigenvalue weighted by molar-refractivity contribution is 9.10. The Morgan fingerprint density at radius 2 is 1.66 bits per heavy atom. The number of allylic oxidation sites excluding steroid dienone is 12. The van der Waals surface area contributed by atoms with Gasteiger partial charge in [0.2, 0.25) is 0 Å². The molecule has 1 atom stereocenters. The minimum atomic E-state index is -0.952. The molecule has 300 valence electrons. The number of hydrogen-bond acceptors (Lipinski definition) is 7. The highest BCUT2D eigenvalue weighted by atomic mass is 79.9. The van der Waals surface area contributed by atoms with Crippen LogP contribution in [0.2, 0.25) is 0 Å². The van der Waals surface area contributed by atoms with E-state index in [4.69, 9.17) is 9.47 Å². The number of aliphatic hydroxyl groups excluding tert-OH is 1. The maximum Gasteiger partial charge on any atom is 0.172 e. The van der Waals surface area contributed by atoms with Crippen LogP contribution in [0.1, 0.15) is 99.1 Å². The lowest BCUT2D eigenvalue weighted by Crippen LogP contribution is -2.27. The molecule has 7 nitrogen and oxygen atoms in total. The zero-order chi connectivity index (χ0) is 42.4. The van der Waals surface area contributed by atoms with Gasteiger partial charge >= 0.3 is 0 Å². The fraction of sp³-hybridized carbons (Fsp3) is 0.380. The lowest BCUT2D eigenvalue weighted by atomic mass is 9.70. The van der Waals surface area contributed by atoms with E-state index in [-0.39, 0.29) is 40.3 Å². The summed E-state index contributed by atoms with van der Waals surface area (Å²) in [5.41, 5.74) is 7.34. The fourth-order valence-corrected chi connectivity index (χ4v) is 8.12. The Kier molecular flexibility index (Phi) is 13.6. The smallest absolute Gasteiger partial charge is 0.172 e. The van der Waals surface area contributed by atoms with Crippen LogP contribution in [0.5, 0.6) is 0 Å². The Bertz CT molecular complexity index is 2290. The van der Waals surface area contributed by atoms with Gasteiger partial charge < -0.3 is 19.5 Å². The molecule has 1 unspecified atom stereocenters. The number of fused-ring (bicyclic) bond motifs is 1. The van der Waals surface area contributed by atoms with Gasteiger partial charge in [0.25, 0.3) is 0 Å². The van der Waals surface area contributed by atoms with Gasteiger partial charge in [0.05, 0.1) is 0 Å². The first-order valence-electron chi connectivity index (χ1n) is 19.9. The Balaban J connectivity index is 1.72. The molecule has 58 heavy (non-hydrogen) atoms. The summed E-state index contributed by atoms with van der Waals surface area (Å²) in [6, 6.07) is 23.1. The van der Waals surface area contributed by atoms with Crippen LogP contribution in [0.4, 0.5) is 5.69 Å². The van der Waals surface area contributed by atoms with Gasteiger partial charge in [-0.1, -0.05) is 111 Å². The minimum absolute atomic E-state index is 0.0148. The van der Waals surface area contributed by atoms with Crippen LogP contribution < -0.4 is 4.90 Å². The predicted octanol–water partition coefficient (Wildman–Crippen LogP) is 12.4. The molecule has 0 spiro atoms. The number of aliphatic hydroxyl groups is 1. The van der Waals surface area contributed by atoms with E-state index in [0.717, 1.165) is 52.0 Å². The van der Waals surface area contributed by atoms with Crippen molar-refractivity contribution < 1.29 is 14.6 Å². The van der Waals surface area contributed by atoms with Crippen molar-refractivity contribution in [3.05, 3.63) is 157 Å². The van der Waals surface area contributed by atoms with Crippen molar-refractivity contribution in [1.82, 2.24) is 0 Å². The second kappa shape index (κ2) is 18.1. The summed E-state index contributed by atoms with van der Waals surface area (Å²) in [5, 5.41) is 39.0. The molecule has 3 aliphatic rings. The van der Waals surface area contributed by atoms with Crippen molar-refractivity contribution in [2.45, 2.75) is 106 Å². The van der Waals surface area contributed by atoms with Crippen LogP contribution in [0.25, 0.3) is 0 Å². The average molecular weight is 840 g/mol. The van der Waals surface area contributed by atoms with E-state index in [9.17, 15) is 20.9 Å². The number of rotatable bonds is 11. The third-order valence-corrected chi connectivity index (χ3v) is 11.9. The van der Waals surface area contributed by atoms with E-state index in [1.165, 1.54) is 22.5 Å². The summed E-state index contributed by atoms with van der Waals surface area (Å²) in [6.45, 7) is 19.9. The first kappa shape index (κ1) is 43.8. The third-order valence-electron chi connectivity index (χ3n) is 11.3. The summed E-state index contributed by atoms with van der Waals surface area (Å²) in [6.07, 6.45) is 15.5. The number of para-hydroxylation sites is 1. The monoisotopic (exact) mass is 838 g/mol. The Hall–Kier alpha value is -5.33. The maximum atomic E-state index is 10.3. The summed E-state index contributed by atoms with van der Waals surface area (Å²) in [4.78, 5) is 2.43. The third kappa shape index (κ3) is 9.67. The molecular weight excluding hydrogens is 784 g/mol. The fourth-order valence-electron chi connectivity index (χ4n) is 7.85. The Labute approximate surface area is 354 Å². The summed E-state index contributed by atoms with van der Waals surface area (Å²) in [5.74, 6) is 1.76. The molecule has 0 saturated heterocycles. The first-order valence-corrected chi connectivity index (χ1v) is 20.7. The van der Waals surface area contributed by atoms with Crippen LogP contribution in [0, 0.1) is 45.3 Å². The molecule has 1 N–H and O–H groups in total. The van der Waals surface area contributed by atoms with Gasteiger partial charge in [0.15, 0.2) is 11.3 Å². The van der Waals surface area contributed by atoms with Crippen molar-refractivity contribution >= 4 is 21.6 Å². The molecule has 2 heterocycles. The van der Waals surface area contributed by atoms with E-state index in [2.05, 4.69) is 129 Å². The van der Waals surface area contributed by atoms with E-state index < -0.39 is 5.60 Å². The number of nitrogens with zero attached hydrogens (tertiary/aromatic N) is 4. The number of ether oxygens (including phenoxy) is 2.